The third-order valence-corrected chi connectivity index (χ3v) is 6.73. The van der Waals surface area contributed by atoms with Crippen molar-refractivity contribution in [3.8, 4) is 5.69 Å². The number of piperidine rings is 1. The number of tetrazole rings is 1. The van der Waals surface area contributed by atoms with E-state index in [0.29, 0.717) is 11.8 Å². The highest BCUT2D eigenvalue weighted by molar-refractivity contribution is 5.34. The van der Waals surface area contributed by atoms with Crippen LogP contribution in [-0.4, -0.2) is 42.8 Å². The molecule has 0 N–H and O–H groups in total. The second kappa shape index (κ2) is 7.84. The third-order valence-electron chi connectivity index (χ3n) is 6.73. The van der Waals surface area contributed by atoms with Crippen LogP contribution >= 0.6 is 0 Å². The van der Waals surface area contributed by atoms with E-state index in [-0.39, 0.29) is 11.6 Å². The first kappa shape index (κ1) is 19.1. The monoisotopic (exact) mass is 424 g/mol. The lowest BCUT2D eigenvalue weighted by Gasteiger charge is -2.45. The van der Waals surface area contributed by atoms with Gasteiger partial charge in [-0.25, -0.2) is 0 Å². The average Bonchev–Trinajstić information content (AvgIpc) is 3.31. The minimum Gasteiger partial charge on any atom is -0.312 e. The van der Waals surface area contributed by atoms with Crippen molar-refractivity contribution in [1.82, 2.24) is 29.7 Å². The highest BCUT2D eigenvalue weighted by Crippen LogP contribution is 2.40. The van der Waals surface area contributed by atoms with Gasteiger partial charge in [-0.1, -0.05) is 54.6 Å². The molecule has 7 heteroatoms. The number of hydrogen-bond donors (Lipinski definition) is 0. The molecule has 1 fully saturated rings. The molecule has 2 aromatic carbocycles. The predicted octanol–water partition coefficient (Wildman–Crippen LogP) is 3.03. The van der Waals surface area contributed by atoms with Crippen LogP contribution in [-0.2, 0) is 6.54 Å². The highest BCUT2D eigenvalue weighted by atomic mass is 16.1. The van der Waals surface area contributed by atoms with Crippen LogP contribution in [0.4, 0.5) is 0 Å². The second-order valence-electron chi connectivity index (χ2n) is 8.75. The van der Waals surface area contributed by atoms with Crippen LogP contribution in [0.2, 0.25) is 0 Å². The first-order valence-electron chi connectivity index (χ1n) is 11.1. The SMILES string of the molecule is O=c1cccc2n1C[C@H]1C[C@H]2CN([C@@H](c2ccccc2)c2nnnn2-c2ccccc2)C1. The summed E-state index contributed by atoms with van der Waals surface area (Å²) in [6.07, 6.45) is 1.12. The first-order valence-corrected chi connectivity index (χ1v) is 11.1. The number of fused-ring (bicyclic) bond motifs is 4. The molecule has 0 aliphatic carbocycles. The summed E-state index contributed by atoms with van der Waals surface area (Å²) < 4.78 is 3.82. The normalized spacial score (nSPS) is 21.1. The predicted molar refractivity (Wildman–Crippen MR) is 121 cm³/mol. The molecule has 4 aromatic rings. The highest BCUT2D eigenvalue weighted by Gasteiger charge is 2.39. The van der Waals surface area contributed by atoms with Crippen LogP contribution in [0, 0.1) is 5.92 Å². The van der Waals surface area contributed by atoms with Crippen LogP contribution in [0.1, 0.15) is 35.5 Å². The van der Waals surface area contributed by atoms with E-state index in [1.54, 1.807) is 6.07 Å². The molecule has 0 radical (unpaired) electrons. The summed E-state index contributed by atoms with van der Waals surface area (Å²) in [5.74, 6) is 1.56. The lowest BCUT2D eigenvalue weighted by molar-refractivity contribution is 0.0913. The van der Waals surface area contributed by atoms with Crippen molar-refractivity contribution >= 4 is 0 Å². The lowest BCUT2D eigenvalue weighted by Crippen LogP contribution is -2.48. The van der Waals surface area contributed by atoms with Crippen LogP contribution in [0.15, 0.2) is 83.7 Å². The summed E-state index contributed by atoms with van der Waals surface area (Å²) >= 11 is 0. The molecule has 1 saturated heterocycles. The first-order chi connectivity index (χ1) is 15.8. The number of aromatic nitrogens is 5. The van der Waals surface area contributed by atoms with Crippen LogP contribution in [0.3, 0.4) is 0 Å². The van der Waals surface area contributed by atoms with E-state index in [9.17, 15) is 4.79 Å². The van der Waals surface area contributed by atoms with E-state index >= 15 is 0 Å². The zero-order valence-electron chi connectivity index (χ0n) is 17.7. The molecule has 3 atom stereocenters. The Bertz CT molecular complexity index is 1280. The van der Waals surface area contributed by atoms with Gasteiger partial charge in [0.15, 0.2) is 5.82 Å². The van der Waals surface area contributed by atoms with E-state index in [1.165, 1.54) is 5.56 Å². The minimum atomic E-state index is -0.0707. The van der Waals surface area contributed by atoms with Crippen LogP contribution < -0.4 is 5.56 Å². The molecular formula is C25H24N6O. The molecular weight excluding hydrogens is 400 g/mol. The quantitative estimate of drug-likeness (QED) is 0.504. The molecule has 32 heavy (non-hydrogen) atoms. The maximum Gasteiger partial charge on any atom is 0.250 e. The molecule has 4 heterocycles. The summed E-state index contributed by atoms with van der Waals surface area (Å²) in [6.45, 7) is 2.53. The fourth-order valence-corrected chi connectivity index (χ4v) is 5.42. The zero-order chi connectivity index (χ0) is 21.5. The molecule has 2 bridgehead atoms. The Labute approximate surface area is 185 Å². The Morgan fingerprint density at radius 3 is 2.44 bits per heavy atom. The fourth-order valence-electron chi connectivity index (χ4n) is 5.42. The van der Waals surface area contributed by atoms with Gasteiger partial charge in [0.25, 0.3) is 5.56 Å². The molecule has 0 unspecified atom stereocenters. The van der Waals surface area contributed by atoms with Gasteiger partial charge in [0, 0.05) is 37.3 Å². The van der Waals surface area contributed by atoms with Crippen molar-refractivity contribution in [3.05, 3.63) is 106 Å². The van der Waals surface area contributed by atoms with Crippen LogP contribution in [0.5, 0.6) is 0 Å². The Morgan fingerprint density at radius 2 is 1.62 bits per heavy atom. The van der Waals surface area contributed by atoms with Crippen molar-refractivity contribution in [3.63, 3.8) is 0 Å². The fraction of sp³-hybridized carbons (Fsp3) is 0.280. The zero-order valence-corrected chi connectivity index (χ0v) is 17.7. The molecule has 2 aromatic heterocycles. The summed E-state index contributed by atoms with van der Waals surface area (Å²) in [7, 11) is 0. The molecule has 0 amide bonds. The third kappa shape index (κ3) is 3.26. The average molecular weight is 425 g/mol. The van der Waals surface area contributed by atoms with Crippen molar-refractivity contribution in [2.45, 2.75) is 24.9 Å². The van der Waals surface area contributed by atoms with E-state index in [4.69, 9.17) is 0 Å². The van der Waals surface area contributed by atoms with Crippen molar-refractivity contribution in [1.29, 1.82) is 0 Å². The Hall–Kier alpha value is -3.58. The summed E-state index contributed by atoms with van der Waals surface area (Å²) in [5, 5.41) is 12.9. The van der Waals surface area contributed by atoms with Gasteiger partial charge in [0.05, 0.1) is 11.7 Å². The van der Waals surface area contributed by atoms with E-state index < -0.39 is 0 Å². The van der Waals surface area contributed by atoms with E-state index in [2.05, 4.69) is 50.8 Å². The number of likely N-dealkylation sites (tertiary alicyclic amines) is 1. The standard InChI is InChI=1S/C25H24N6O/c32-23-13-7-12-22-20-14-18(16-30(22)23)15-29(17-20)24(19-8-3-1-4-9-19)25-26-27-28-31(25)21-10-5-2-6-11-21/h1-13,18,20,24H,14-17H2/t18-,20-,24-/m0/s1. The molecule has 0 saturated carbocycles. The van der Waals surface area contributed by atoms with Gasteiger partial charge >= 0.3 is 0 Å². The van der Waals surface area contributed by atoms with Crippen molar-refractivity contribution in [2.75, 3.05) is 13.1 Å². The minimum absolute atomic E-state index is 0.0707. The Kier molecular flexibility index (Phi) is 4.69. The summed E-state index contributed by atoms with van der Waals surface area (Å²) in [4.78, 5) is 14.9. The molecule has 2 aliphatic rings. The van der Waals surface area contributed by atoms with Crippen molar-refractivity contribution in [2.24, 2.45) is 5.92 Å². The Morgan fingerprint density at radius 1 is 0.844 bits per heavy atom. The molecule has 2 aliphatic heterocycles. The smallest absolute Gasteiger partial charge is 0.250 e. The largest absolute Gasteiger partial charge is 0.312 e. The maximum absolute atomic E-state index is 12.4. The van der Waals surface area contributed by atoms with E-state index in [0.717, 1.165) is 43.3 Å². The summed E-state index contributed by atoms with van der Waals surface area (Å²) in [6, 6.07) is 26.1. The van der Waals surface area contributed by atoms with Gasteiger partial charge in [-0.2, -0.15) is 4.68 Å². The molecule has 160 valence electrons. The topological polar surface area (TPSA) is 68.8 Å². The van der Waals surface area contributed by atoms with Crippen LogP contribution in [0.25, 0.3) is 5.69 Å². The number of hydrogen-bond acceptors (Lipinski definition) is 5. The van der Waals surface area contributed by atoms with Gasteiger partial charge in [-0.05, 0) is 46.5 Å². The summed E-state index contributed by atoms with van der Waals surface area (Å²) in [5.41, 5.74) is 3.37. The number of rotatable bonds is 4. The van der Waals surface area contributed by atoms with Gasteiger partial charge in [0.2, 0.25) is 0 Å². The molecule has 6 rings (SSSR count). The number of para-hydroxylation sites is 1. The van der Waals surface area contributed by atoms with Gasteiger partial charge in [0.1, 0.15) is 0 Å². The number of nitrogens with zero attached hydrogens (tertiary/aromatic N) is 6. The maximum atomic E-state index is 12.4. The van der Waals surface area contributed by atoms with Gasteiger partial charge in [-0.15, -0.1) is 5.10 Å². The van der Waals surface area contributed by atoms with Gasteiger partial charge < -0.3 is 4.57 Å². The molecule has 0 spiro atoms. The number of benzene rings is 2. The van der Waals surface area contributed by atoms with Gasteiger partial charge in [-0.3, -0.25) is 9.69 Å². The Balaban J connectivity index is 1.43. The molecule has 7 nitrogen and oxygen atoms in total. The van der Waals surface area contributed by atoms with Crippen molar-refractivity contribution < 1.29 is 0 Å². The second-order valence-corrected chi connectivity index (χ2v) is 8.75. The number of pyridine rings is 1. The lowest BCUT2D eigenvalue weighted by atomic mass is 9.82. The van der Waals surface area contributed by atoms with E-state index in [1.807, 2.05) is 51.7 Å².